The van der Waals surface area contributed by atoms with E-state index in [0.717, 1.165) is 18.9 Å². The molecule has 0 unspecified atom stereocenters. The van der Waals surface area contributed by atoms with Gasteiger partial charge in [0.05, 0.1) is 6.61 Å². The van der Waals surface area contributed by atoms with Gasteiger partial charge in [0, 0.05) is 6.08 Å². The van der Waals surface area contributed by atoms with Crippen molar-refractivity contribution >= 4 is 5.97 Å². The van der Waals surface area contributed by atoms with Crippen molar-refractivity contribution in [2.45, 2.75) is 39.0 Å². The van der Waals surface area contributed by atoms with Gasteiger partial charge in [-0.2, -0.15) is 4.89 Å². The smallest absolute Gasteiger partial charge is 0.294 e. The zero-order chi connectivity index (χ0) is 9.94. The monoisotopic (exact) mass is 186 g/mol. The number of rotatable bonds is 8. The SMILES string of the molecule is C=CC(=O)OOCCCCCCC. The van der Waals surface area contributed by atoms with E-state index in [9.17, 15) is 4.79 Å². The van der Waals surface area contributed by atoms with E-state index >= 15 is 0 Å². The van der Waals surface area contributed by atoms with Crippen molar-refractivity contribution in [2.75, 3.05) is 6.61 Å². The lowest BCUT2D eigenvalue weighted by atomic mass is 10.2. The van der Waals surface area contributed by atoms with Gasteiger partial charge in [-0.05, 0) is 6.42 Å². The van der Waals surface area contributed by atoms with Crippen molar-refractivity contribution in [3.05, 3.63) is 12.7 Å². The van der Waals surface area contributed by atoms with Gasteiger partial charge in [0.15, 0.2) is 0 Å². The summed E-state index contributed by atoms with van der Waals surface area (Å²) in [5.41, 5.74) is 0. The molecule has 0 bridgehead atoms. The predicted molar refractivity (Wildman–Crippen MR) is 51.0 cm³/mol. The van der Waals surface area contributed by atoms with Crippen LogP contribution in [0.2, 0.25) is 0 Å². The summed E-state index contributed by atoms with van der Waals surface area (Å²) < 4.78 is 0. The average Bonchev–Trinajstić information content (AvgIpc) is 2.16. The van der Waals surface area contributed by atoms with Gasteiger partial charge in [-0.15, -0.1) is 0 Å². The van der Waals surface area contributed by atoms with E-state index in [0.29, 0.717) is 6.61 Å². The Kier molecular flexibility index (Phi) is 8.67. The van der Waals surface area contributed by atoms with Crippen molar-refractivity contribution in [2.24, 2.45) is 0 Å². The van der Waals surface area contributed by atoms with Crippen LogP contribution in [-0.2, 0) is 14.6 Å². The van der Waals surface area contributed by atoms with Gasteiger partial charge < -0.3 is 0 Å². The van der Waals surface area contributed by atoms with Crippen LogP contribution in [0.15, 0.2) is 12.7 Å². The molecule has 0 aromatic rings. The Morgan fingerprint density at radius 3 is 2.62 bits per heavy atom. The minimum absolute atomic E-state index is 0.475. The number of carbonyl (C=O) groups excluding carboxylic acids is 1. The molecule has 0 saturated carbocycles. The topological polar surface area (TPSA) is 35.5 Å². The lowest BCUT2D eigenvalue weighted by Crippen LogP contribution is -2.02. The molecule has 0 aromatic heterocycles. The summed E-state index contributed by atoms with van der Waals surface area (Å²) in [6.45, 7) is 5.89. The van der Waals surface area contributed by atoms with Crippen LogP contribution in [0.3, 0.4) is 0 Å². The number of hydrogen-bond acceptors (Lipinski definition) is 3. The average molecular weight is 186 g/mol. The third-order valence-corrected chi connectivity index (χ3v) is 1.64. The van der Waals surface area contributed by atoms with Crippen LogP contribution in [0.25, 0.3) is 0 Å². The van der Waals surface area contributed by atoms with Crippen LogP contribution >= 0.6 is 0 Å². The highest BCUT2D eigenvalue weighted by molar-refractivity contribution is 5.80. The first-order valence-electron chi connectivity index (χ1n) is 4.77. The Hall–Kier alpha value is -0.830. The summed E-state index contributed by atoms with van der Waals surface area (Å²) in [5.74, 6) is -0.534. The fraction of sp³-hybridized carbons (Fsp3) is 0.700. The molecular weight excluding hydrogens is 168 g/mol. The van der Waals surface area contributed by atoms with Crippen LogP contribution in [0.5, 0.6) is 0 Å². The summed E-state index contributed by atoms with van der Waals surface area (Å²) in [7, 11) is 0. The summed E-state index contributed by atoms with van der Waals surface area (Å²) in [4.78, 5) is 19.5. The summed E-state index contributed by atoms with van der Waals surface area (Å²) in [6.07, 6.45) is 6.84. The zero-order valence-corrected chi connectivity index (χ0v) is 8.25. The van der Waals surface area contributed by atoms with Gasteiger partial charge >= 0.3 is 5.97 Å². The first-order chi connectivity index (χ1) is 6.31. The normalized spacial score (nSPS) is 9.62. The molecule has 0 amide bonds. The second-order valence-corrected chi connectivity index (χ2v) is 2.84. The van der Waals surface area contributed by atoms with Crippen LogP contribution in [0.1, 0.15) is 39.0 Å². The fourth-order valence-electron chi connectivity index (χ4n) is 0.898. The van der Waals surface area contributed by atoms with E-state index in [2.05, 4.69) is 23.3 Å². The molecule has 3 heteroatoms. The maximum Gasteiger partial charge on any atom is 0.365 e. The van der Waals surface area contributed by atoms with Gasteiger partial charge in [-0.1, -0.05) is 39.2 Å². The zero-order valence-electron chi connectivity index (χ0n) is 8.25. The van der Waals surface area contributed by atoms with Gasteiger partial charge in [0.25, 0.3) is 0 Å². The van der Waals surface area contributed by atoms with Crippen molar-refractivity contribution in [3.8, 4) is 0 Å². The lowest BCUT2D eigenvalue weighted by Gasteiger charge is -2.00. The minimum atomic E-state index is -0.534. The second kappa shape index (κ2) is 9.26. The van der Waals surface area contributed by atoms with E-state index in [4.69, 9.17) is 0 Å². The molecule has 0 N–H and O–H groups in total. The maximum atomic E-state index is 10.5. The fourth-order valence-corrected chi connectivity index (χ4v) is 0.898. The molecule has 0 aliphatic carbocycles. The third-order valence-electron chi connectivity index (χ3n) is 1.64. The van der Waals surface area contributed by atoms with Crippen molar-refractivity contribution in [1.82, 2.24) is 0 Å². The van der Waals surface area contributed by atoms with E-state index in [1.807, 2.05) is 0 Å². The van der Waals surface area contributed by atoms with Gasteiger partial charge in [0.2, 0.25) is 0 Å². The van der Waals surface area contributed by atoms with Crippen LogP contribution in [0, 0.1) is 0 Å². The molecule has 0 rings (SSSR count). The van der Waals surface area contributed by atoms with Crippen molar-refractivity contribution in [3.63, 3.8) is 0 Å². The highest BCUT2D eigenvalue weighted by Crippen LogP contribution is 2.02. The Morgan fingerprint density at radius 2 is 2.00 bits per heavy atom. The van der Waals surface area contributed by atoms with Gasteiger partial charge in [-0.25, -0.2) is 4.79 Å². The predicted octanol–water partition coefficient (Wildman–Crippen LogP) is 2.62. The molecule has 0 aromatic carbocycles. The third kappa shape index (κ3) is 9.08. The molecule has 0 radical (unpaired) electrons. The largest absolute Gasteiger partial charge is 0.365 e. The molecule has 13 heavy (non-hydrogen) atoms. The molecule has 0 fully saturated rings. The Labute approximate surface area is 79.7 Å². The number of carbonyl (C=O) groups is 1. The highest BCUT2D eigenvalue weighted by atomic mass is 17.2. The summed E-state index contributed by atoms with van der Waals surface area (Å²) in [5, 5.41) is 0. The standard InChI is InChI=1S/C10H18O3/c1-3-5-6-7-8-9-12-13-10(11)4-2/h4H,2-3,5-9H2,1H3. The Morgan fingerprint density at radius 1 is 1.31 bits per heavy atom. The van der Waals surface area contributed by atoms with Crippen molar-refractivity contribution < 1.29 is 14.6 Å². The Bertz CT molecular complexity index is 143. The molecular formula is C10H18O3. The summed E-state index contributed by atoms with van der Waals surface area (Å²) >= 11 is 0. The highest BCUT2D eigenvalue weighted by Gasteiger charge is 1.95. The molecule has 76 valence electrons. The Balaban J connectivity index is 2.99. The van der Waals surface area contributed by atoms with Crippen molar-refractivity contribution in [1.29, 1.82) is 0 Å². The first-order valence-corrected chi connectivity index (χ1v) is 4.77. The molecule has 0 atom stereocenters. The van der Waals surface area contributed by atoms with E-state index < -0.39 is 5.97 Å². The molecule has 0 saturated heterocycles. The first kappa shape index (κ1) is 12.2. The van der Waals surface area contributed by atoms with E-state index in [-0.39, 0.29) is 0 Å². The van der Waals surface area contributed by atoms with Crippen LogP contribution in [-0.4, -0.2) is 12.6 Å². The number of unbranched alkanes of at least 4 members (excludes halogenated alkanes) is 4. The number of hydrogen-bond donors (Lipinski definition) is 0. The van der Waals surface area contributed by atoms with Gasteiger partial charge in [-0.3, -0.25) is 4.89 Å². The molecule has 0 aliphatic heterocycles. The molecule has 3 nitrogen and oxygen atoms in total. The van der Waals surface area contributed by atoms with Crippen LogP contribution < -0.4 is 0 Å². The quantitative estimate of drug-likeness (QED) is 0.253. The van der Waals surface area contributed by atoms with E-state index in [1.165, 1.54) is 19.3 Å². The summed E-state index contributed by atoms with van der Waals surface area (Å²) in [6, 6.07) is 0. The van der Waals surface area contributed by atoms with E-state index in [1.54, 1.807) is 0 Å². The second-order valence-electron chi connectivity index (χ2n) is 2.84. The maximum absolute atomic E-state index is 10.5. The molecule has 0 aliphatic rings. The van der Waals surface area contributed by atoms with Crippen LogP contribution in [0.4, 0.5) is 0 Å². The molecule has 0 heterocycles. The van der Waals surface area contributed by atoms with Gasteiger partial charge in [0.1, 0.15) is 0 Å². The molecule has 0 spiro atoms. The minimum Gasteiger partial charge on any atom is -0.294 e. The lowest BCUT2D eigenvalue weighted by molar-refractivity contribution is -0.267.